The van der Waals surface area contributed by atoms with Gasteiger partial charge in [-0.2, -0.15) is 0 Å². The summed E-state index contributed by atoms with van der Waals surface area (Å²) in [4.78, 5) is 0. The molecular formula is C12H13NO. The van der Waals surface area contributed by atoms with Gasteiger partial charge in [0.1, 0.15) is 0 Å². The molecule has 0 atom stereocenters. The zero-order chi connectivity index (χ0) is 10.0. The maximum absolute atomic E-state index is 9.95. The molecule has 1 aliphatic heterocycles. The van der Waals surface area contributed by atoms with E-state index in [1.54, 1.807) is 0 Å². The van der Waals surface area contributed by atoms with Crippen LogP contribution in [0.25, 0.3) is 0 Å². The number of aliphatic hydroxyl groups is 1. The molecule has 1 aromatic rings. The van der Waals surface area contributed by atoms with Gasteiger partial charge in [-0.05, 0) is 11.6 Å². The average Bonchev–Trinajstić information content (AvgIpc) is 2.16. The third-order valence-electron chi connectivity index (χ3n) is 2.60. The lowest BCUT2D eigenvalue weighted by molar-refractivity contribution is -0.00906. The van der Waals surface area contributed by atoms with Crippen molar-refractivity contribution < 1.29 is 5.11 Å². The third kappa shape index (κ3) is 1.65. The van der Waals surface area contributed by atoms with E-state index < -0.39 is 5.60 Å². The van der Waals surface area contributed by atoms with E-state index in [0.29, 0.717) is 19.5 Å². The Kier molecular flexibility index (Phi) is 2.28. The maximum atomic E-state index is 9.95. The highest BCUT2D eigenvalue weighted by Crippen LogP contribution is 2.19. The molecule has 0 amide bonds. The van der Waals surface area contributed by atoms with E-state index in [0.717, 1.165) is 11.1 Å². The fraction of sp³-hybridized carbons (Fsp3) is 0.333. The molecular weight excluding hydrogens is 174 g/mol. The predicted octanol–water partition coefficient (Wildman–Crippen LogP) is 0.545. The lowest BCUT2D eigenvalue weighted by Crippen LogP contribution is -2.60. The van der Waals surface area contributed by atoms with Crippen molar-refractivity contribution in [1.29, 1.82) is 0 Å². The van der Waals surface area contributed by atoms with Crippen LogP contribution in [-0.4, -0.2) is 23.8 Å². The Morgan fingerprint density at radius 3 is 2.71 bits per heavy atom. The molecule has 1 fully saturated rings. The van der Waals surface area contributed by atoms with E-state index in [1.807, 2.05) is 24.3 Å². The quantitative estimate of drug-likeness (QED) is 0.662. The highest BCUT2D eigenvalue weighted by molar-refractivity contribution is 5.40. The summed E-state index contributed by atoms with van der Waals surface area (Å²) in [7, 11) is 0. The van der Waals surface area contributed by atoms with Crippen LogP contribution in [0.3, 0.4) is 0 Å². The van der Waals surface area contributed by atoms with Crippen LogP contribution in [0.2, 0.25) is 0 Å². The number of rotatable bonds is 2. The van der Waals surface area contributed by atoms with Gasteiger partial charge in [0.05, 0.1) is 5.60 Å². The molecule has 2 nitrogen and oxygen atoms in total. The summed E-state index contributed by atoms with van der Waals surface area (Å²) in [6.45, 7) is 1.32. The SMILES string of the molecule is C#Cc1ccccc1CC1(O)CNC1. The number of terminal acetylenes is 1. The van der Waals surface area contributed by atoms with Gasteiger partial charge in [0.15, 0.2) is 0 Å². The lowest BCUT2D eigenvalue weighted by Gasteiger charge is -2.37. The summed E-state index contributed by atoms with van der Waals surface area (Å²) < 4.78 is 0. The molecule has 14 heavy (non-hydrogen) atoms. The monoisotopic (exact) mass is 187 g/mol. The highest BCUT2D eigenvalue weighted by atomic mass is 16.3. The minimum atomic E-state index is -0.590. The Labute approximate surface area is 84.0 Å². The van der Waals surface area contributed by atoms with Crippen molar-refractivity contribution in [2.45, 2.75) is 12.0 Å². The fourth-order valence-corrected chi connectivity index (χ4v) is 1.71. The van der Waals surface area contributed by atoms with Crippen molar-refractivity contribution in [3.05, 3.63) is 35.4 Å². The van der Waals surface area contributed by atoms with E-state index in [1.165, 1.54) is 0 Å². The van der Waals surface area contributed by atoms with Crippen LogP contribution in [0.15, 0.2) is 24.3 Å². The Balaban J connectivity index is 2.20. The summed E-state index contributed by atoms with van der Waals surface area (Å²) in [5.41, 5.74) is 1.35. The van der Waals surface area contributed by atoms with Gasteiger partial charge < -0.3 is 10.4 Å². The first-order valence-electron chi connectivity index (χ1n) is 4.71. The molecule has 1 saturated heterocycles. The van der Waals surface area contributed by atoms with Crippen molar-refractivity contribution in [2.24, 2.45) is 0 Å². The first-order valence-corrected chi connectivity index (χ1v) is 4.71. The number of benzene rings is 1. The maximum Gasteiger partial charge on any atom is 0.0935 e. The second-order valence-corrected chi connectivity index (χ2v) is 3.81. The van der Waals surface area contributed by atoms with Gasteiger partial charge in [0, 0.05) is 25.1 Å². The molecule has 2 N–H and O–H groups in total. The van der Waals surface area contributed by atoms with E-state index in [9.17, 15) is 5.11 Å². The first-order chi connectivity index (χ1) is 6.73. The van der Waals surface area contributed by atoms with Gasteiger partial charge in [-0.15, -0.1) is 6.42 Å². The topological polar surface area (TPSA) is 32.3 Å². The van der Waals surface area contributed by atoms with Crippen LogP contribution in [0.5, 0.6) is 0 Å². The average molecular weight is 187 g/mol. The van der Waals surface area contributed by atoms with Crippen molar-refractivity contribution in [3.63, 3.8) is 0 Å². The predicted molar refractivity (Wildman–Crippen MR) is 55.9 cm³/mol. The van der Waals surface area contributed by atoms with E-state index in [4.69, 9.17) is 6.42 Å². The Morgan fingerprint density at radius 2 is 2.14 bits per heavy atom. The van der Waals surface area contributed by atoms with Crippen molar-refractivity contribution in [1.82, 2.24) is 5.32 Å². The molecule has 1 heterocycles. The normalized spacial score (nSPS) is 18.3. The van der Waals surface area contributed by atoms with E-state index in [-0.39, 0.29) is 0 Å². The third-order valence-corrected chi connectivity index (χ3v) is 2.60. The minimum Gasteiger partial charge on any atom is -0.387 e. The molecule has 0 aromatic heterocycles. The smallest absolute Gasteiger partial charge is 0.0935 e. The standard InChI is InChI=1S/C12H13NO/c1-2-10-5-3-4-6-11(10)7-12(14)8-13-9-12/h1,3-6,13-14H,7-9H2. The Morgan fingerprint density at radius 1 is 1.43 bits per heavy atom. The van der Waals surface area contributed by atoms with Crippen LogP contribution in [0.4, 0.5) is 0 Å². The fourth-order valence-electron chi connectivity index (χ4n) is 1.71. The van der Waals surface area contributed by atoms with Gasteiger partial charge >= 0.3 is 0 Å². The Hall–Kier alpha value is -1.30. The number of hydrogen-bond donors (Lipinski definition) is 2. The largest absolute Gasteiger partial charge is 0.387 e. The molecule has 0 bridgehead atoms. The molecule has 0 saturated carbocycles. The molecule has 0 spiro atoms. The summed E-state index contributed by atoms with van der Waals surface area (Å²) in [5.74, 6) is 2.63. The van der Waals surface area contributed by atoms with Gasteiger partial charge in [0.2, 0.25) is 0 Å². The second-order valence-electron chi connectivity index (χ2n) is 3.81. The first kappa shape index (κ1) is 9.26. The molecule has 0 aliphatic carbocycles. The van der Waals surface area contributed by atoms with Gasteiger partial charge in [-0.1, -0.05) is 24.1 Å². The van der Waals surface area contributed by atoms with E-state index >= 15 is 0 Å². The number of nitrogens with one attached hydrogen (secondary N) is 1. The molecule has 0 radical (unpaired) electrons. The van der Waals surface area contributed by atoms with Gasteiger partial charge in [-0.25, -0.2) is 0 Å². The van der Waals surface area contributed by atoms with E-state index in [2.05, 4.69) is 11.2 Å². The number of β-amino-alcohol motifs (C(OH)–C–C–N with tert-alkyl or cyclic N) is 1. The zero-order valence-corrected chi connectivity index (χ0v) is 7.96. The lowest BCUT2D eigenvalue weighted by atomic mass is 9.87. The van der Waals surface area contributed by atoms with Gasteiger partial charge in [0.25, 0.3) is 0 Å². The zero-order valence-electron chi connectivity index (χ0n) is 7.96. The number of hydrogen-bond acceptors (Lipinski definition) is 2. The summed E-state index contributed by atoms with van der Waals surface area (Å²) in [6.07, 6.45) is 6.02. The molecule has 0 unspecified atom stereocenters. The van der Waals surface area contributed by atoms with Crippen molar-refractivity contribution in [3.8, 4) is 12.3 Å². The summed E-state index contributed by atoms with van der Waals surface area (Å²) in [6, 6.07) is 7.75. The minimum absolute atomic E-state index is 0.590. The second kappa shape index (κ2) is 3.45. The molecule has 2 heteroatoms. The molecule has 2 rings (SSSR count). The van der Waals surface area contributed by atoms with Crippen LogP contribution < -0.4 is 5.32 Å². The Bertz CT molecular complexity index is 374. The van der Waals surface area contributed by atoms with Crippen LogP contribution in [0.1, 0.15) is 11.1 Å². The summed E-state index contributed by atoms with van der Waals surface area (Å²) in [5, 5.41) is 13.0. The molecule has 1 aliphatic rings. The van der Waals surface area contributed by atoms with Crippen LogP contribution in [-0.2, 0) is 6.42 Å². The molecule has 1 aromatic carbocycles. The molecule has 72 valence electrons. The summed E-state index contributed by atoms with van der Waals surface area (Å²) >= 11 is 0. The van der Waals surface area contributed by atoms with Crippen LogP contribution >= 0.6 is 0 Å². The van der Waals surface area contributed by atoms with Crippen molar-refractivity contribution >= 4 is 0 Å². The highest BCUT2D eigenvalue weighted by Gasteiger charge is 2.34. The van der Waals surface area contributed by atoms with Crippen LogP contribution in [0, 0.1) is 12.3 Å². The van der Waals surface area contributed by atoms with Gasteiger partial charge in [-0.3, -0.25) is 0 Å². The van der Waals surface area contributed by atoms with Crippen molar-refractivity contribution in [2.75, 3.05) is 13.1 Å².